The molecule has 2 aliphatic heterocycles. The second-order valence-corrected chi connectivity index (χ2v) is 10.3. The van der Waals surface area contributed by atoms with Gasteiger partial charge in [0, 0.05) is 37.1 Å². The molecule has 1 aromatic carbocycles. The molecule has 9 nitrogen and oxygen atoms in total. The Hall–Kier alpha value is -2.49. The topological polar surface area (TPSA) is 128 Å². The van der Waals surface area contributed by atoms with E-state index in [0.29, 0.717) is 17.9 Å². The maximum atomic E-state index is 12.8. The minimum atomic E-state index is -0.924. The number of carbonyl (C=O) groups excluding carboxylic acids is 2. The number of amides is 2. The van der Waals surface area contributed by atoms with Crippen LogP contribution in [0.15, 0.2) is 24.3 Å². The minimum Gasteiger partial charge on any atom is -0.481 e. The van der Waals surface area contributed by atoms with Crippen molar-refractivity contribution >= 4 is 29.2 Å². The Balaban J connectivity index is 1.31. The molecule has 2 saturated heterocycles. The number of piperidine rings is 1. The zero-order valence-corrected chi connectivity index (χ0v) is 19.3. The number of benzene rings is 1. The first-order chi connectivity index (χ1) is 15.5. The van der Waals surface area contributed by atoms with E-state index in [2.05, 4.69) is 24.5 Å². The summed E-state index contributed by atoms with van der Waals surface area (Å²) in [5.41, 5.74) is 0.964. The van der Waals surface area contributed by atoms with Gasteiger partial charge in [-0.2, -0.15) is 4.65 Å². The number of rotatable bonds is 8. The Morgan fingerprint density at radius 3 is 2.33 bits per heavy atom. The van der Waals surface area contributed by atoms with E-state index in [1.54, 1.807) is 24.3 Å². The maximum absolute atomic E-state index is 12.8. The Morgan fingerprint density at radius 1 is 1.06 bits per heavy atom. The normalized spacial score (nSPS) is 34.5. The van der Waals surface area contributed by atoms with Crippen LogP contribution in [0.2, 0.25) is 0 Å². The third-order valence-electron chi connectivity index (χ3n) is 7.66. The molecule has 1 aromatic rings. The molecule has 1 unspecified atom stereocenters. The zero-order valence-electron chi connectivity index (χ0n) is 19.3. The lowest BCUT2D eigenvalue weighted by Crippen LogP contribution is -2.67. The first kappa shape index (κ1) is 23.7. The number of likely N-dealkylation sites (tertiary alicyclic amines) is 1. The lowest BCUT2D eigenvalue weighted by Gasteiger charge is -2.51. The SMILES string of the molecule is CC12CC[C@@H]3[C@](C)(CCC[N@+]3(O)CC(=O)Nc3ccc(NC(=O)CCCC(=O)O)cc3)[C@@H]1O2. The number of nitrogens with zero attached hydrogens (tertiary/aromatic N) is 1. The number of hydrogen-bond acceptors (Lipinski definition) is 5. The number of carboxylic acids is 1. The highest BCUT2D eigenvalue weighted by Gasteiger charge is 2.71. The highest BCUT2D eigenvalue weighted by Crippen LogP contribution is 2.61. The molecule has 0 radical (unpaired) electrons. The van der Waals surface area contributed by atoms with Crippen molar-refractivity contribution < 1.29 is 34.1 Å². The summed E-state index contributed by atoms with van der Waals surface area (Å²) in [4.78, 5) is 35.2. The minimum absolute atomic E-state index is 0.00818. The number of epoxide rings is 1. The van der Waals surface area contributed by atoms with Gasteiger partial charge in [0.1, 0.15) is 12.6 Å². The standard InChI is InChI=1S/C24H33N3O6/c1-23-12-4-14-27(32,18(23)11-13-24(2)22(23)33-24)15-20(29)26-17-9-7-16(8-10-17)25-19(28)5-3-6-21(30)31/h7-10,18,22,32H,3-6,11-15H2,1-2H3,(H2-,25,26,28,29,30,31)/p+1/t18-,22+,23+,24?,27+/m1/s1. The van der Waals surface area contributed by atoms with E-state index in [1.165, 1.54) is 0 Å². The Morgan fingerprint density at radius 2 is 1.70 bits per heavy atom. The molecule has 5 atom stereocenters. The van der Waals surface area contributed by atoms with Crippen LogP contribution in [-0.2, 0) is 19.1 Å². The fourth-order valence-corrected chi connectivity index (χ4v) is 6.06. The van der Waals surface area contributed by atoms with Gasteiger partial charge in [0.15, 0.2) is 6.54 Å². The largest absolute Gasteiger partial charge is 0.481 e. The van der Waals surface area contributed by atoms with Crippen molar-refractivity contribution in [2.24, 2.45) is 5.41 Å². The number of anilines is 2. The number of hydroxylamine groups is 3. The van der Waals surface area contributed by atoms with Crippen LogP contribution in [0.5, 0.6) is 0 Å². The van der Waals surface area contributed by atoms with Crippen molar-refractivity contribution in [2.45, 2.75) is 76.5 Å². The number of nitrogens with one attached hydrogen (secondary N) is 2. The lowest BCUT2D eigenvalue weighted by molar-refractivity contribution is -1.12. The van der Waals surface area contributed by atoms with Gasteiger partial charge in [-0.25, -0.2) is 5.21 Å². The summed E-state index contributed by atoms with van der Waals surface area (Å²) in [5, 5.41) is 25.7. The molecular weight excluding hydrogens is 426 g/mol. The lowest BCUT2D eigenvalue weighted by atomic mass is 9.63. The van der Waals surface area contributed by atoms with E-state index in [4.69, 9.17) is 9.84 Å². The van der Waals surface area contributed by atoms with E-state index in [0.717, 1.165) is 25.7 Å². The Labute approximate surface area is 193 Å². The number of hydrogen-bond donors (Lipinski definition) is 4. The number of carboxylic acid groups (broad SMARTS) is 1. The highest BCUT2D eigenvalue weighted by atomic mass is 16.6. The third kappa shape index (κ3) is 4.90. The Bertz CT molecular complexity index is 937. The molecule has 2 amide bonds. The molecule has 3 aliphatic rings. The van der Waals surface area contributed by atoms with E-state index < -0.39 is 5.97 Å². The summed E-state index contributed by atoms with van der Waals surface area (Å²) in [6.07, 6.45) is 4.13. The van der Waals surface area contributed by atoms with Crippen molar-refractivity contribution in [1.82, 2.24) is 0 Å². The first-order valence-electron chi connectivity index (χ1n) is 11.7. The maximum Gasteiger partial charge on any atom is 0.303 e. The fourth-order valence-electron chi connectivity index (χ4n) is 6.06. The third-order valence-corrected chi connectivity index (χ3v) is 7.66. The van der Waals surface area contributed by atoms with Crippen LogP contribution in [0.4, 0.5) is 11.4 Å². The molecule has 4 N–H and O–H groups in total. The van der Waals surface area contributed by atoms with Crippen molar-refractivity contribution in [1.29, 1.82) is 0 Å². The van der Waals surface area contributed by atoms with Crippen LogP contribution in [0, 0.1) is 5.41 Å². The van der Waals surface area contributed by atoms with Crippen molar-refractivity contribution in [3.63, 3.8) is 0 Å². The second kappa shape index (κ2) is 8.70. The molecule has 0 spiro atoms. The van der Waals surface area contributed by atoms with Crippen LogP contribution >= 0.6 is 0 Å². The van der Waals surface area contributed by atoms with Crippen LogP contribution in [0.3, 0.4) is 0 Å². The average Bonchev–Trinajstić information content (AvgIpc) is 3.42. The van der Waals surface area contributed by atoms with Gasteiger partial charge in [0.05, 0.1) is 17.1 Å². The zero-order chi connectivity index (χ0) is 23.9. The number of carbonyl (C=O) groups is 3. The summed E-state index contributed by atoms with van der Waals surface area (Å²) in [7, 11) is 0. The van der Waals surface area contributed by atoms with Gasteiger partial charge >= 0.3 is 5.97 Å². The van der Waals surface area contributed by atoms with E-state index >= 15 is 0 Å². The molecule has 9 heteroatoms. The molecule has 1 saturated carbocycles. The summed E-state index contributed by atoms with van der Waals surface area (Å²) < 4.78 is 5.78. The molecule has 4 rings (SSSR count). The fraction of sp³-hybridized carbons (Fsp3) is 0.625. The molecule has 33 heavy (non-hydrogen) atoms. The summed E-state index contributed by atoms with van der Waals surface area (Å²) >= 11 is 0. The molecule has 3 fully saturated rings. The van der Waals surface area contributed by atoms with Crippen LogP contribution in [0.25, 0.3) is 0 Å². The highest BCUT2D eigenvalue weighted by molar-refractivity contribution is 5.93. The number of quaternary nitrogens is 1. The molecular formula is C24H34N3O6+. The van der Waals surface area contributed by atoms with Gasteiger partial charge in [-0.1, -0.05) is 6.92 Å². The monoisotopic (exact) mass is 460 g/mol. The van der Waals surface area contributed by atoms with Gasteiger partial charge in [-0.05, 0) is 50.5 Å². The average molecular weight is 461 g/mol. The Kier molecular flexibility index (Phi) is 6.24. The van der Waals surface area contributed by atoms with E-state index in [-0.39, 0.29) is 65.4 Å². The predicted octanol–water partition coefficient (Wildman–Crippen LogP) is 3.14. The number of aliphatic carboxylic acids is 1. The van der Waals surface area contributed by atoms with Crippen molar-refractivity contribution in [2.75, 3.05) is 23.7 Å². The first-order valence-corrected chi connectivity index (χ1v) is 11.7. The van der Waals surface area contributed by atoms with Gasteiger partial charge in [0.25, 0.3) is 5.91 Å². The predicted molar refractivity (Wildman–Crippen MR) is 121 cm³/mol. The van der Waals surface area contributed by atoms with E-state index in [9.17, 15) is 19.6 Å². The van der Waals surface area contributed by atoms with Crippen LogP contribution in [0.1, 0.15) is 58.8 Å². The smallest absolute Gasteiger partial charge is 0.303 e. The quantitative estimate of drug-likeness (QED) is 0.349. The molecule has 180 valence electrons. The molecule has 2 heterocycles. The van der Waals surface area contributed by atoms with Crippen LogP contribution < -0.4 is 10.6 Å². The van der Waals surface area contributed by atoms with Crippen molar-refractivity contribution in [3.8, 4) is 0 Å². The van der Waals surface area contributed by atoms with Gasteiger partial charge < -0.3 is 20.5 Å². The van der Waals surface area contributed by atoms with Gasteiger partial charge in [0.2, 0.25) is 5.91 Å². The van der Waals surface area contributed by atoms with Gasteiger partial charge in [-0.3, -0.25) is 14.4 Å². The molecule has 0 bridgehead atoms. The van der Waals surface area contributed by atoms with Crippen LogP contribution in [-0.4, -0.2) is 63.6 Å². The summed E-state index contributed by atoms with van der Waals surface area (Å²) in [6, 6.07) is 6.72. The van der Waals surface area contributed by atoms with Crippen molar-refractivity contribution in [3.05, 3.63) is 24.3 Å². The second-order valence-electron chi connectivity index (χ2n) is 10.3. The van der Waals surface area contributed by atoms with E-state index in [1.807, 2.05) is 0 Å². The number of ether oxygens (including phenoxy) is 1. The summed E-state index contributed by atoms with van der Waals surface area (Å²) in [5.74, 6) is -1.43. The summed E-state index contributed by atoms with van der Waals surface area (Å²) in [6.45, 7) is 4.89. The van der Waals surface area contributed by atoms with Gasteiger partial charge in [-0.15, -0.1) is 0 Å². The molecule has 0 aromatic heterocycles. The number of fused-ring (bicyclic) bond motifs is 3. The molecule has 1 aliphatic carbocycles.